The van der Waals surface area contributed by atoms with Gasteiger partial charge in [-0.15, -0.1) is 10.2 Å². The summed E-state index contributed by atoms with van der Waals surface area (Å²) in [6, 6.07) is 14.4. The maximum Gasteiger partial charge on any atom is 0.277 e. The van der Waals surface area contributed by atoms with Gasteiger partial charge in [0.05, 0.1) is 11.3 Å². The molecule has 1 heterocycles. The zero-order chi connectivity index (χ0) is 19.2. The summed E-state index contributed by atoms with van der Waals surface area (Å²) in [4.78, 5) is 23.1. The van der Waals surface area contributed by atoms with Crippen molar-refractivity contribution in [2.24, 2.45) is 0 Å². The standard InChI is InChI=1S/C18H15BrN4O3S/c1-11(24)20-12-6-8-13(9-7-12)21-16(25)10-27-18-23-22-17(26-18)14-4-2-3-5-15(14)19/h2-9H,10H2,1H3,(H,20,24)(H,21,25). The molecule has 3 aromatic rings. The average molecular weight is 447 g/mol. The third-order valence-electron chi connectivity index (χ3n) is 3.33. The van der Waals surface area contributed by atoms with Crippen molar-refractivity contribution in [2.75, 3.05) is 16.4 Å². The minimum atomic E-state index is -0.201. The predicted octanol–water partition coefficient (Wildman–Crippen LogP) is 4.19. The minimum absolute atomic E-state index is 0.130. The molecule has 1 aromatic heterocycles. The number of nitrogens with one attached hydrogen (secondary N) is 2. The fraction of sp³-hybridized carbons (Fsp3) is 0.111. The molecule has 3 rings (SSSR count). The second-order valence-corrected chi connectivity index (χ2v) is 7.23. The third kappa shape index (κ3) is 5.41. The lowest BCUT2D eigenvalue weighted by Crippen LogP contribution is -2.14. The van der Waals surface area contributed by atoms with E-state index in [1.54, 1.807) is 24.3 Å². The van der Waals surface area contributed by atoms with Crippen molar-refractivity contribution in [3.63, 3.8) is 0 Å². The van der Waals surface area contributed by atoms with Crippen LogP contribution in [0.15, 0.2) is 62.6 Å². The number of anilines is 2. The second kappa shape index (κ2) is 8.83. The number of thioether (sulfide) groups is 1. The molecule has 2 aromatic carbocycles. The van der Waals surface area contributed by atoms with E-state index in [0.717, 1.165) is 21.8 Å². The number of halogens is 1. The van der Waals surface area contributed by atoms with Gasteiger partial charge in [-0.1, -0.05) is 23.9 Å². The SMILES string of the molecule is CC(=O)Nc1ccc(NC(=O)CSc2nnc(-c3ccccc3Br)o2)cc1. The van der Waals surface area contributed by atoms with E-state index in [4.69, 9.17) is 4.42 Å². The van der Waals surface area contributed by atoms with Crippen LogP contribution >= 0.6 is 27.7 Å². The van der Waals surface area contributed by atoms with Gasteiger partial charge in [0.1, 0.15) is 0 Å². The molecule has 2 amide bonds. The first-order valence-electron chi connectivity index (χ1n) is 7.90. The Balaban J connectivity index is 1.54. The number of aromatic nitrogens is 2. The van der Waals surface area contributed by atoms with Crippen molar-refractivity contribution in [3.8, 4) is 11.5 Å². The molecule has 0 aliphatic rings. The highest BCUT2D eigenvalue weighted by atomic mass is 79.9. The number of benzene rings is 2. The first kappa shape index (κ1) is 19.1. The van der Waals surface area contributed by atoms with Gasteiger partial charge >= 0.3 is 0 Å². The van der Waals surface area contributed by atoms with Crippen LogP contribution in [-0.2, 0) is 9.59 Å². The molecule has 0 radical (unpaired) electrons. The summed E-state index contributed by atoms with van der Waals surface area (Å²) in [6.45, 7) is 1.44. The van der Waals surface area contributed by atoms with Gasteiger partial charge in [-0.3, -0.25) is 9.59 Å². The first-order chi connectivity index (χ1) is 13.0. The Morgan fingerprint density at radius 3 is 2.37 bits per heavy atom. The van der Waals surface area contributed by atoms with Crippen LogP contribution in [0.25, 0.3) is 11.5 Å². The summed E-state index contributed by atoms with van der Waals surface area (Å²) in [6.07, 6.45) is 0. The third-order valence-corrected chi connectivity index (χ3v) is 4.84. The molecule has 9 heteroatoms. The Morgan fingerprint density at radius 1 is 1.04 bits per heavy atom. The molecule has 7 nitrogen and oxygen atoms in total. The van der Waals surface area contributed by atoms with E-state index >= 15 is 0 Å². The summed E-state index contributed by atoms with van der Waals surface area (Å²) in [7, 11) is 0. The van der Waals surface area contributed by atoms with Crippen LogP contribution in [0, 0.1) is 0 Å². The summed E-state index contributed by atoms with van der Waals surface area (Å²) >= 11 is 4.59. The summed E-state index contributed by atoms with van der Waals surface area (Å²) in [5.41, 5.74) is 2.09. The van der Waals surface area contributed by atoms with Gasteiger partial charge in [-0.05, 0) is 52.3 Å². The zero-order valence-electron chi connectivity index (χ0n) is 14.2. The molecule has 138 valence electrons. The molecular weight excluding hydrogens is 432 g/mol. The largest absolute Gasteiger partial charge is 0.411 e. The zero-order valence-corrected chi connectivity index (χ0v) is 16.6. The normalized spacial score (nSPS) is 10.4. The van der Waals surface area contributed by atoms with Crippen LogP contribution < -0.4 is 10.6 Å². The van der Waals surface area contributed by atoms with Gasteiger partial charge in [0.25, 0.3) is 5.22 Å². The van der Waals surface area contributed by atoms with E-state index < -0.39 is 0 Å². The molecule has 0 fully saturated rings. The quantitative estimate of drug-likeness (QED) is 0.550. The highest BCUT2D eigenvalue weighted by Gasteiger charge is 2.13. The minimum Gasteiger partial charge on any atom is -0.411 e. The monoisotopic (exact) mass is 446 g/mol. The smallest absolute Gasteiger partial charge is 0.277 e. The molecular formula is C18H15BrN4O3S. The van der Waals surface area contributed by atoms with Crippen LogP contribution in [0.5, 0.6) is 0 Å². The van der Waals surface area contributed by atoms with E-state index in [-0.39, 0.29) is 17.6 Å². The van der Waals surface area contributed by atoms with Crippen LogP contribution in [0.2, 0.25) is 0 Å². The summed E-state index contributed by atoms with van der Waals surface area (Å²) in [5.74, 6) is 0.168. The molecule has 0 aliphatic carbocycles. The number of carbonyl (C=O) groups is 2. The number of amides is 2. The fourth-order valence-electron chi connectivity index (χ4n) is 2.18. The molecule has 0 unspecified atom stereocenters. The Kier molecular flexibility index (Phi) is 6.25. The fourth-order valence-corrected chi connectivity index (χ4v) is 3.19. The summed E-state index contributed by atoms with van der Waals surface area (Å²) < 4.78 is 6.45. The van der Waals surface area contributed by atoms with Gasteiger partial charge in [0, 0.05) is 22.8 Å². The number of hydrogen-bond donors (Lipinski definition) is 2. The van der Waals surface area contributed by atoms with Crippen LogP contribution in [0.1, 0.15) is 6.92 Å². The highest BCUT2D eigenvalue weighted by molar-refractivity contribution is 9.10. The molecule has 27 heavy (non-hydrogen) atoms. The lowest BCUT2D eigenvalue weighted by atomic mass is 10.2. The highest BCUT2D eigenvalue weighted by Crippen LogP contribution is 2.29. The number of hydrogen-bond acceptors (Lipinski definition) is 6. The lowest BCUT2D eigenvalue weighted by Gasteiger charge is -2.06. The maximum absolute atomic E-state index is 12.1. The maximum atomic E-state index is 12.1. The van der Waals surface area contributed by atoms with Gasteiger partial charge in [-0.25, -0.2) is 0 Å². The van der Waals surface area contributed by atoms with Crippen molar-refractivity contribution in [1.29, 1.82) is 0 Å². The molecule has 2 N–H and O–H groups in total. The van der Waals surface area contributed by atoms with E-state index in [1.165, 1.54) is 6.92 Å². The second-order valence-electron chi connectivity index (χ2n) is 5.45. The number of nitrogens with zero attached hydrogens (tertiary/aromatic N) is 2. The van der Waals surface area contributed by atoms with E-state index in [2.05, 4.69) is 36.8 Å². The number of carbonyl (C=O) groups excluding carboxylic acids is 2. The Morgan fingerprint density at radius 2 is 1.70 bits per heavy atom. The van der Waals surface area contributed by atoms with Crippen molar-refractivity contribution in [2.45, 2.75) is 12.1 Å². The molecule has 0 spiro atoms. The average Bonchev–Trinajstić information content (AvgIpc) is 3.10. The van der Waals surface area contributed by atoms with Gasteiger partial charge < -0.3 is 15.1 Å². The Bertz CT molecular complexity index is 959. The Labute approximate surface area is 168 Å². The van der Waals surface area contributed by atoms with Crippen molar-refractivity contribution in [3.05, 3.63) is 53.0 Å². The van der Waals surface area contributed by atoms with Crippen molar-refractivity contribution < 1.29 is 14.0 Å². The predicted molar refractivity (Wildman–Crippen MR) is 108 cm³/mol. The van der Waals surface area contributed by atoms with Crippen LogP contribution in [-0.4, -0.2) is 27.8 Å². The molecule has 0 atom stereocenters. The molecule has 0 aliphatic heterocycles. The van der Waals surface area contributed by atoms with Gasteiger partial charge in [-0.2, -0.15) is 0 Å². The Hall–Kier alpha value is -2.65. The lowest BCUT2D eigenvalue weighted by molar-refractivity contribution is -0.114. The van der Waals surface area contributed by atoms with E-state index in [1.807, 2.05) is 24.3 Å². The van der Waals surface area contributed by atoms with Crippen LogP contribution in [0.4, 0.5) is 11.4 Å². The topological polar surface area (TPSA) is 97.1 Å². The number of rotatable bonds is 6. The first-order valence-corrected chi connectivity index (χ1v) is 9.68. The van der Waals surface area contributed by atoms with Gasteiger partial charge in [0.15, 0.2) is 0 Å². The van der Waals surface area contributed by atoms with Crippen molar-refractivity contribution >= 4 is 50.9 Å². The van der Waals surface area contributed by atoms with Crippen LogP contribution in [0.3, 0.4) is 0 Å². The van der Waals surface area contributed by atoms with Gasteiger partial charge in [0.2, 0.25) is 17.7 Å². The molecule has 0 bridgehead atoms. The van der Waals surface area contributed by atoms with Crippen molar-refractivity contribution in [1.82, 2.24) is 10.2 Å². The van der Waals surface area contributed by atoms with E-state index in [0.29, 0.717) is 22.5 Å². The summed E-state index contributed by atoms with van der Waals surface area (Å²) in [5, 5.41) is 13.7. The van der Waals surface area contributed by atoms with E-state index in [9.17, 15) is 9.59 Å². The molecule has 0 saturated carbocycles. The molecule has 0 saturated heterocycles.